The second-order valence-electron chi connectivity index (χ2n) is 2.84. The Hall–Kier alpha value is -1.09. The average molecular weight is 240 g/mol. The summed E-state index contributed by atoms with van der Waals surface area (Å²) in [5.74, 6) is -0.112. The predicted octanol–water partition coefficient (Wildman–Crippen LogP) is 2.79. The summed E-state index contributed by atoms with van der Waals surface area (Å²) in [6.45, 7) is 5.25. The number of anilines is 1. The molecule has 0 heterocycles. The zero-order valence-electron chi connectivity index (χ0n) is 7.30. The Kier molecular flexibility index (Phi) is 2.88. The van der Waals surface area contributed by atoms with Crippen molar-refractivity contribution in [2.24, 2.45) is 0 Å². The largest absolute Gasteiger partial charge is 0.398 e. The Morgan fingerprint density at radius 3 is 2.69 bits per heavy atom. The van der Waals surface area contributed by atoms with Crippen LogP contribution in [0.2, 0.25) is 0 Å². The van der Waals surface area contributed by atoms with E-state index in [1.54, 1.807) is 25.1 Å². The van der Waals surface area contributed by atoms with Gasteiger partial charge in [0.25, 0.3) is 0 Å². The number of halogens is 1. The van der Waals surface area contributed by atoms with Crippen LogP contribution in [0.3, 0.4) is 0 Å². The van der Waals surface area contributed by atoms with Crippen molar-refractivity contribution in [2.45, 2.75) is 6.92 Å². The number of nitrogen functional groups attached to an aromatic ring is 1. The van der Waals surface area contributed by atoms with Gasteiger partial charge >= 0.3 is 0 Å². The first kappa shape index (κ1) is 9.99. The van der Waals surface area contributed by atoms with Gasteiger partial charge in [-0.15, -0.1) is 0 Å². The Balaban J connectivity index is 3.21. The number of benzene rings is 1. The van der Waals surface area contributed by atoms with Crippen LogP contribution < -0.4 is 5.73 Å². The third-order valence-electron chi connectivity index (χ3n) is 1.65. The van der Waals surface area contributed by atoms with Crippen molar-refractivity contribution in [1.29, 1.82) is 0 Å². The molecule has 0 bridgehead atoms. The molecular formula is C10H10BrNO. The minimum Gasteiger partial charge on any atom is -0.398 e. The second kappa shape index (κ2) is 3.75. The van der Waals surface area contributed by atoms with Gasteiger partial charge in [0.15, 0.2) is 5.78 Å². The third-order valence-corrected chi connectivity index (χ3v) is 2.14. The molecule has 0 aliphatic carbocycles. The maximum Gasteiger partial charge on any atom is 0.190 e. The van der Waals surface area contributed by atoms with Crippen LogP contribution in [-0.4, -0.2) is 5.78 Å². The van der Waals surface area contributed by atoms with E-state index in [9.17, 15) is 4.79 Å². The lowest BCUT2D eigenvalue weighted by molar-refractivity contribution is 0.103. The van der Waals surface area contributed by atoms with Gasteiger partial charge < -0.3 is 5.73 Å². The van der Waals surface area contributed by atoms with Crippen molar-refractivity contribution in [1.82, 2.24) is 0 Å². The number of ketones is 1. The van der Waals surface area contributed by atoms with E-state index >= 15 is 0 Å². The lowest BCUT2D eigenvalue weighted by atomic mass is 10.0. The van der Waals surface area contributed by atoms with Crippen LogP contribution in [0.25, 0.3) is 0 Å². The van der Waals surface area contributed by atoms with E-state index in [1.165, 1.54) is 0 Å². The average Bonchev–Trinajstić information content (AvgIpc) is 2.08. The van der Waals surface area contributed by atoms with Crippen LogP contribution in [0.1, 0.15) is 17.3 Å². The van der Waals surface area contributed by atoms with Gasteiger partial charge in [-0.3, -0.25) is 4.79 Å². The molecule has 1 aromatic rings. The molecule has 0 amide bonds. The molecule has 68 valence electrons. The standard InChI is InChI=1S/C10H10BrNO/c1-6(2)10(13)8-5-7(11)3-4-9(8)12/h3-5H,1,12H2,2H3. The van der Waals surface area contributed by atoms with Crippen LogP contribution in [-0.2, 0) is 0 Å². The predicted molar refractivity (Wildman–Crippen MR) is 57.7 cm³/mol. The minimum atomic E-state index is -0.112. The third kappa shape index (κ3) is 2.18. The second-order valence-corrected chi connectivity index (χ2v) is 3.76. The highest BCUT2D eigenvalue weighted by Crippen LogP contribution is 2.20. The SMILES string of the molecule is C=C(C)C(=O)c1cc(Br)ccc1N. The van der Waals surface area contributed by atoms with Gasteiger partial charge in [0.05, 0.1) is 0 Å². The molecule has 13 heavy (non-hydrogen) atoms. The number of allylic oxidation sites excluding steroid dienone is 1. The Morgan fingerprint density at radius 2 is 2.15 bits per heavy atom. The Morgan fingerprint density at radius 1 is 1.54 bits per heavy atom. The van der Waals surface area contributed by atoms with Gasteiger partial charge in [-0.25, -0.2) is 0 Å². The topological polar surface area (TPSA) is 43.1 Å². The molecule has 0 unspecified atom stereocenters. The van der Waals surface area contributed by atoms with Crippen molar-refractivity contribution >= 4 is 27.4 Å². The maximum atomic E-state index is 11.5. The van der Waals surface area contributed by atoms with E-state index in [1.807, 2.05) is 0 Å². The van der Waals surface area contributed by atoms with Crippen molar-refractivity contribution in [3.8, 4) is 0 Å². The molecule has 0 saturated carbocycles. The van der Waals surface area contributed by atoms with Crippen molar-refractivity contribution in [2.75, 3.05) is 5.73 Å². The molecule has 0 atom stereocenters. The van der Waals surface area contributed by atoms with Gasteiger partial charge in [-0.1, -0.05) is 22.5 Å². The normalized spacial score (nSPS) is 9.69. The number of hydrogen-bond acceptors (Lipinski definition) is 2. The van der Waals surface area contributed by atoms with Crippen LogP contribution >= 0.6 is 15.9 Å². The van der Waals surface area contributed by atoms with Gasteiger partial charge in [0, 0.05) is 15.7 Å². The fourth-order valence-corrected chi connectivity index (χ4v) is 1.32. The van der Waals surface area contributed by atoms with Crippen LogP contribution in [0.5, 0.6) is 0 Å². The number of nitrogens with two attached hydrogens (primary N) is 1. The quantitative estimate of drug-likeness (QED) is 0.490. The summed E-state index contributed by atoms with van der Waals surface area (Å²) >= 11 is 3.28. The number of rotatable bonds is 2. The molecule has 0 aliphatic rings. The maximum absolute atomic E-state index is 11.5. The molecule has 1 rings (SSSR count). The molecule has 2 nitrogen and oxygen atoms in total. The number of Topliss-reactive ketones (excluding diaryl/α,β-unsaturated/α-hetero) is 1. The molecule has 0 saturated heterocycles. The molecule has 0 fully saturated rings. The summed E-state index contributed by atoms with van der Waals surface area (Å²) in [5.41, 5.74) is 7.12. The van der Waals surface area contributed by atoms with E-state index in [2.05, 4.69) is 22.5 Å². The summed E-state index contributed by atoms with van der Waals surface area (Å²) in [5, 5.41) is 0. The van der Waals surface area contributed by atoms with Crippen molar-refractivity contribution in [3.63, 3.8) is 0 Å². The Labute approximate surface area is 85.6 Å². The molecule has 1 aromatic carbocycles. The number of carbonyl (C=O) groups is 1. The van der Waals surface area contributed by atoms with Crippen molar-refractivity contribution in [3.05, 3.63) is 40.4 Å². The fourth-order valence-electron chi connectivity index (χ4n) is 0.955. The van der Waals surface area contributed by atoms with E-state index in [0.717, 1.165) is 4.47 Å². The van der Waals surface area contributed by atoms with E-state index in [-0.39, 0.29) is 5.78 Å². The zero-order valence-corrected chi connectivity index (χ0v) is 8.89. The van der Waals surface area contributed by atoms with Gasteiger partial charge in [-0.2, -0.15) is 0 Å². The Bertz CT molecular complexity index is 371. The molecule has 2 N–H and O–H groups in total. The smallest absolute Gasteiger partial charge is 0.190 e. The fraction of sp³-hybridized carbons (Fsp3) is 0.100. The molecule has 0 spiro atoms. The van der Waals surface area contributed by atoms with Crippen LogP contribution in [0.4, 0.5) is 5.69 Å². The zero-order chi connectivity index (χ0) is 10.0. The lowest BCUT2D eigenvalue weighted by Crippen LogP contribution is -2.04. The summed E-state index contributed by atoms with van der Waals surface area (Å²) in [6.07, 6.45) is 0. The highest BCUT2D eigenvalue weighted by Gasteiger charge is 2.10. The minimum absolute atomic E-state index is 0.112. The number of hydrogen-bond donors (Lipinski definition) is 1. The summed E-state index contributed by atoms with van der Waals surface area (Å²) in [4.78, 5) is 11.5. The molecule has 3 heteroatoms. The lowest BCUT2D eigenvalue weighted by Gasteiger charge is -2.04. The molecule has 0 aliphatic heterocycles. The number of carbonyl (C=O) groups excluding carboxylic acids is 1. The highest BCUT2D eigenvalue weighted by atomic mass is 79.9. The monoisotopic (exact) mass is 239 g/mol. The van der Waals surface area contributed by atoms with Crippen LogP contribution in [0, 0.1) is 0 Å². The van der Waals surface area contributed by atoms with Crippen molar-refractivity contribution < 1.29 is 4.79 Å². The first-order valence-electron chi connectivity index (χ1n) is 3.77. The molecule has 0 aromatic heterocycles. The van der Waals surface area contributed by atoms with E-state index in [4.69, 9.17) is 5.73 Å². The van der Waals surface area contributed by atoms with Gasteiger partial charge in [-0.05, 0) is 30.7 Å². The first-order chi connectivity index (χ1) is 6.02. The van der Waals surface area contributed by atoms with Gasteiger partial charge in [0.2, 0.25) is 0 Å². The summed E-state index contributed by atoms with van der Waals surface area (Å²) in [7, 11) is 0. The molecular weight excluding hydrogens is 230 g/mol. The van der Waals surface area contributed by atoms with E-state index in [0.29, 0.717) is 16.8 Å². The molecule has 0 radical (unpaired) electrons. The van der Waals surface area contributed by atoms with Crippen LogP contribution in [0.15, 0.2) is 34.8 Å². The summed E-state index contributed by atoms with van der Waals surface area (Å²) < 4.78 is 0.839. The first-order valence-corrected chi connectivity index (χ1v) is 4.57. The summed E-state index contributed by atoms with van der Waals surface area (Å²) in [6, 6.07) is 5.19. The highest BCUT2D eigenvalue weighted by molar-refractivity contribution is 9.10. The van der Waals surface area contributed by atoms with Gasteiger partial charge in [0.1, 0.15) is 0 Å². The van der Waals surface area contributed by atoms with E-state index < -0.39 is 0 Å².